The molecule has 0 radical (unpaired) electrons. The number of hydrogen-bond donors (Lipinski definition) is 0. The molecule has 1 aromatic heterocycles. The van der Waals surface area contributed by atoms with Crippen LogP contribution in [0.3, 0.4) is 0 Å². The fourth-order valence-electron chi connectivity index (χ4n) is 1.58. The van der Waals surface area contributed by atoms with Gasteiger partial charge in [-0.3, -0.25) is 0 Å². The molecule has 2 nitrogen and oxygen atoms in total. The molecule has 17 heavy (non-hydrogen) atoms. The maximum Gasteiger partial charge on any atom is 0.248 e. The Bertz CT molecular complexity index is 497. The number of imidazole rings is 1. The monoisotopic (exact) mass is 338 g/mol. The van der Waals surface area contributed by atoms with Gasteiger partial charge in [0.1, 0.15) is 18.9 Å². The Labute approximate surface area is 119 Å². The molecule has 0 aliphatic rings. The topological polar surface area (TPSA) is 8.81 Å². The van der Waals surface area contributed by atoms with E-state index in [1.54, 1.807) is 6.20 Å². The summed E-state index contributed by atoms with van der Waals surface area (Å²) >= 11 is 0. The lowest BCUT2D eigenvalue weighted by Gasteiger charge is -1.98. The second kappa shape index (κ2) is 6.39. The van der Waals surface area contributed by atoms with Crippen molar-refractivity contribution in [2.45, 2.75) is 6.54 Å². The van der Waals surface area contributed by atoms with Crippen molar-refractivity contribution >= 4 is 12.3 Å². The summed E-state index contributed by atoms with van der Waals surface area (Å²) in [6, 6.07) is 8.39. The Morgan fingerprint density at radius 1 is 1.18 bits per heavy atom. The molecular weight excluding hydrogens is 323 g/mol. The van der Waals surface area contributed by atoms with Crippen molar-refractivity contribution in [1.82, 2.24) is 4.57 Å². The zero-order valence-corrected chi connectivity index (χ0v) is 11.7. The summed E-state index contributed by atoms with van der Waals surface area (Å²) in [5.41, 5.74) is 2.43. The molecule has 0 saturated carbocycles. The van der Waals surface area contributed by atoms with Crippen LogP contribution in [0, 0.1) is 0 Å². The molecule has 3 heteroatoms. The first-order chi connectivity index (χ1) is 7.81. The van der Waals surface area contributed by atoms with Crippen LogP contribution in [-0.4, -0.2) is 4.57 Å². The molecule has 0 N–H and O–H groups in total. The molecule has 0 saturated heterocycles. The fraction of sp³-hybridized carbons (Fsp3) is 0.0714. The van der Waals surface area contributed by atoms with Gasteiger partial charge in [-0.05, 0) is 11.1 Å². The van der Waals surface area contributed by atoms with Gasteiger partial charge >= 0.3 is 0 Å². The zero-order chi connectivity index (χ0) is 11.4. The highest BCUT2D eigenvalue weighted by Crippen LogP contribution is 2.04. The third kappa shape index (κ3) is 3.56. The highest BCUT2D eigenvalue weighted by Gasteiger charge is 2.01. The van der Waals surface area contributed by atoms with E-state index in [-0.39, 0.29) is 24.0 Å². The van der Waals surface area contributed by atoms with Crippen molar-refractivity contribution in [3.05, 3.63) is 67.3 Å². The first-order valence-electron chi connectivity index (χ1n) is 5.22. The lowest BCUT2D eigenvalue weighted by atomic mass is 10.1. The van der Waals surface area contributed by atoms with Gasteiger partial charge in [0.05, 0.1) is 6.20 Å². The van der Waals surface area contributed by atoms with Gasteiger partial charge in [0.25, 0.3) is 0 Å². The van der Waals surface area contributed by atoms with Crippen LogP contribution in [0.15, 0.2) is 56.1 Å². The molecular formula is C14H15IN2. The van der Waals surface area contributed by atoms with Gasteiger partial charge in [0.2, 0.25) is 6.33 Å². The summed E-state index contributed by atoms with van der Waals surface area (Å²) in [7, 11) is 0. The predicted molar refractivity (Wildman–Crippen MR) is 66.6 cm³/mol. The SMILES string of the molecule is C=Cc1ccc(C[n+]2ccn(C=C)c2)cc1.[I-]. The maximum atomic E-state index is 3.74. The van der Waals surface area contributed by atoms with Crippen LogP contribution >= 0.6 is 0 Å². The van der Waals surface area contributed by atoms with Gasteiger partial charge in [-0.25, -0.2) is 9.13 Å². The second-order valence-electron chi connectivity index (χ2n) is 3.66. The highest BCUT2D eigenvalue weighted by atomic mass is 127. The first-order valence-corrected chi connectivity index (χ1v) is 5.22. The summed E-state index contributed by atoms with van der Waals surface area (Å²) in [6.07, 6.45) is 9.64. The van der Waals surface area contributed by atoms with Crippen LogP contribution in [0.25, 0.3) is 12.3 Å². The van der Waals surface area contributed by atoms with Crippen LogP contribution in [0.2, 0.25) is 0 Å². The molecule has 2 rings (SSSR count). The van der Waals surface area contributed by atoms with E-state index in [2.05, 4.69) is 42.0 Å². The number of benzene rings is 1. The van der Waals surface area contributed by atoms with Gasteiger partial charge in [-0.15, -0.1) is 0 Å². The van der Waals surface area contributed by atoms with Gasteiger partial charge < -0.3 is 24.0 Å². The second-order valence-corrected chi connectivity index (χ2v) is 3.66. The number of aromatic nitrogens is 2. The third-order valence-electron chi connectivity index (χ3n) is 2.50. The lowest BCUT2D eigenvalue weighted by Crippen LogP contribution is -3.00. The smallest absolute Gasteiger partial charge is 0.248 e. The molecule has 0 aliphatic carbocycles. The van der Waals surface area contributed by atoms with E-state index in [4.69, 9.17) is 0 Å². The van der Waals surface area contributed by atoms with Gasteiger partial charge in [-0.2, -0.15) is 0 Å². The van der Waals surface area contributed by atoms with Crippen molar-refractivity contribution in [3.8, 4) is 0 Å². The molecule has 0 aliphatic heterocycles. The maximum absolute atomic E-state index is 3.74. The lowest BCUT2D eigenvalue weighted by molar-refractivity contribution is -0.687. The van der Waals surface area contributed by atoms with Crippen LogP contribution < -0.4 is 28.5 Å². The summed E-state index contributed by atoms with van der Waals surface area (Å²) in [5.74, 6) is 0. The normalized spacial score (nSPS) is 9.41. The minimum atomic E-state index is 0. The average Bonchev–Trinajstić information content (AvgIpc) is 2.78. The van der Waals surface area contributed by atoms with Gasteiger partial charge in [0.15, 0.2) is 0 Å². The minimum absolute atomic E-state index is 0. The Morgan fingerprint density at radius 2 is 1.88 bits per heavy atom. The van der Waals surface area contributed by atoms with E-state index < -0.39 is 0 Å². The Hall–Kier alpha value is -1.36. The first kappa shape index (κ1) is 13.7. The average molecular weight is 338 g/mol. The molecule has 0 amide bonds. The summed E-state index contributed by atoms with van der Waals surface area (Å²) in [6.45, 7) is 8.33. The largest absolute Gasteiger partial charge is 1.00 e. The Kier molecular flexibility index (Phi) is 5.15. The predicted octanol–water partition coefficient (Wildman–Crippen LogP) is -0.429. The molecule has 0 spiro atoms. The van der Waals surface area contributed by atoms with E-state index in [9.17, 15) is 0 Å². The zero-order valence-electron chi connectivity index (χ0n) is 9.59. The molecule has 1 aromatic carbocycles. The van der Waals surface area contributed by atoms with Crippen molar-refractivity contribution in [3.63, 3.8) is 0 Å². The molecule has 0 atom stereocenters. The molecule has 88 valence electrons. The van der Waals surface area contributed by atoms with Gasteiger partial charge in [0, 0.05) is 0 Å². The summed E-state index contributed by atoms with van der Waals surface area (Å²) < 4.78 is 4.04. The van der Waals surface area contributed by atoms with E-state index in [0.717, 1.165) is 12.1 Å². The van der Waals surface area contributed by atoms with Gasteiger partial charge in [-0.1, -0.05) is 43.5 Å². The minimum Gasteiger partial charge on any atom is -1.00 e. The van der Waals surface area contributed by atoms with E-state index in [0.29, 0.717) is 0 Å². The number of rotatable bonds is 4. The third-order valence-corrected chi connectivity index (χ3v) is 2.50. The summed E-state index contributed by atoms with van der Waals surface area (Å²) in [4.78, 5) is 0. The van der Waals surface area contributed by atoms with Crippen LogP contribution in [-0.2, 0) is 6.54 Å². The summed E-state index contributed by atoms with van der Waals surface area (Å²) in [5, 5.41) is 0. The molecule has 1 heterocycles. The van der Waals surface area contributed by atoms with E-state index in [1.165, 1.54) is 5.56 Å². The number of halogens is 1. The quantitative estimate of drug-likeness (QED) is 0.529. The number of nitrogens with zero attached hydrogens (tertiary/aromatic N) is 2. The Balaban J connectivity index is 0.00000144. The van der Waals surface area contributed by atoms with Crippen molar-refractivity contribution in [2.75, 3.05) is 0 Å². The number of hydrogen-bond acceptors (Lipinski definition) is 0. The Morgan fingerprint density at radius 3 is 2.41 bits per heavy atom. The van der Waals surface area contributed by atoms with Crippen molar-refractivity contribution in [1.29, 1.82) is 0 Å². The standard InChI is InChI=1S/C14H15N2.HI/c1-3-13-5-7-14(8-6-13)11-16-10-9-15(4-2)12-16;/h3-10,12H,1-2,11H2;1H/q+1;/p-1. The van der Waals surface area contributed by atoms with Crippen LogP contribution in [0.1, 0.15) is 11.1 Å². The van der Waals surface area contributed by atoms with Crippen LogP contribution in [0.5, 0.6) is 0 Å². The molecule has 0 fully saturated rings. The van der Waals surface area contributed by atoms with E-state index in [1.807, 2.05) is 29.4 Å². The van der Waals surface area contributed by atoms with Crippen molar-refractivity contribution in [2.24, 2.45) is 0 Å². The van der Waals surface area contributed by atoms with Crippen LogP contribution in [0.4, 0.5) is 0 Å². The molecule has 0 unspecified atom stereocenters. The molecule has 0 bridgehead atoms. The van der Waals surface area contributed by atoms with E-state index >= 15 is 0 Å². The fourth-order valence-corrected chi connectivity index (χ4v) is 1.58. The molecule has 2 aromatic rings. The van der Waals surface area contributed by atoms with Crippen molar-refractivity contribution < 1.29 is 28.5 Å². The highest BCUT2D eigenvalue weighted by molar-refractivity contribution is 5.47.